The Morgan fingerprint density at radius 1 is 1.37 bits per heavy atom. The van der Waals surface area contributed by atoms with E-state index in [1.54, 1.807) is 18.2 Å². The predicted molar refractivity (Wildman–Crippen MR) is 70.7 cm³/mol. The van der Waals surface area contributed by atoms with E-state index in [0.29, 0.717) is 18.5 Å². The van der Waals surface area contributed by atoms with Gasteiger partial charge in [-0.1, -0.05) is 12.1 Å². The summed E-state index contributed by atoms with van der Waals surface area (Å²) in [6.45, 7) is 0.111. The number of nitrogens with two attached hydrogens (primary N) is 1. The third-order valence-corrected chi connectivity index (χ3v) is 2.55. The lowest BCUT2D eigenvalue weighted by molar-refractivity contribution is -0.138. The molecule has 0 radical (unpaired) electrons. The fourth-order valence-corrected chi connectivity index (χ4v) is 1.60. The van der Waals surface area contributed by atoms with Crippen LogP contribution >= 0.6 is 0 Å². The van der Waals surface area contributed by atoms with Crippen LogP contribution in [-0.4, -0.2) is 34.7 Å². The van der Waals surface area contributed by atoms with Crippen LogP contribution in [0.5, 0.6) is 0 Å². The summed E-state index contributed by atoms with van der Waals surface area (Å²) in [6.07, 6.45) is 0.952. The second kappa shape index (κ2) is 7.50. The minimum atomic E-state index is -1.11. The Kier molecular flexibility index (Phi) is 5.98. The molecular formula is C13H18N2O4. The molecule has 0 bridgehead atoms. The van der Waals surface area contributed by atoms with Crippen molar-refractivity contribution in [1.82, 2.24) is 0 Å². The first-order valence-corrected chi connectivity index (χ1v) is 6.01. The molecular weight excluding hydrogens is 248 g/mol. The maximum Gasteiger partial charge on any atom is 0.305 e. The Morgan fingerprint density at radius 3 is 2.74 bits per heavy atom. The number of benzene rings is 1. The van der Waals surface area contributed by atoms with Gasteiger partial charge in [0, 0.05) is 12.3 Å². The van der Waals surface area contributed by atoms with Crippen LogP contribution in [0, 0.1) is 0 Å². The highest BCUT2D eigenvalue weighted by molar-refractivity contribution is 5.96. The number of anilines is 1. The zero-order valence-corrected chi connectivity index (χ0v) is 10.5. The van der Waals surface area contributed by atoms with Gasteiger partial charge in [0.25, 0.3) is 0 Å². The maximum atomic E-state index is 11.6. The van der Waals surface area contributed by atoms with Gasteiger partial charge < -0.3 is 21.3 Å². The van der Waals surface area contributed by atoms with Crippen LogP contribution in [0.2, 0.25) is 0 Å². The number of rotatable bonds is 7. The normalized spacial score (nSPS) is 11.9. The Balaban J connectivity index is 2.61. The number of aliphatic hydroxyl groups excluding tert-OH is 1. The Labute approximate surface area is 111 Å². The molecule has 0 aliphatic heterocycles. The summed E-state index contributed by atoms with van der Waals surface area (Å²) < 4.78 is 0. The van der Waals surface area contributed by atoms with Crippen molar-refractivity contribution in [2.75, 3.05) is 11.9 Å². The summed E-state index contributed by atoms with van der Waals surface area (Å²) in [4.78, 5) is 22.1. The van der Waals surface area contributed by atoms with Crippen LogP contribution in [0.1, 0.15) is 18.4 Å². The van der Waals surface area contributed by atoms with E-state index in [9.17, 15) is 9.59 Å². The molecule has 0 saturated heterocycles. The van der Waals surface area contributed by atoms with E-state index in [-0.39, 0.29) is 6.61 Å². The van der Waals surface area contributed by atoms with E-state index in [0.717, 1.165) is 5.56 Å². The number of carboxylic acid groups (broad SMARTS) is 1. The summed E-state index contributed by atoms with van der Waals surface area (Å²) >= 11 is 0. The molecule has 6 nitrogen and oxygen atoms in total. The quantitative estimate of drug-likeness (QED) is 0.569. The van der Waals surface area contributed by atoms with Crippen LogP contribution in [0.3, 0.4) is 0 Å². The molecule has 6 heteroatoms. The molecule has 1 aromatic rings. The van der Waals surface area contributed by atoms with Crippen molar-refractivity contribution in [3.63, 3.8) is 0 Å². The average Bonchev–Trinajstić information content (AvgIpc) is 2.36. The first-order valence-electron chi connectivity index (χ1n) is 6.01. The molecule has 1 atom stereocenters. The van der Waals surface area contributed by atoms with Crippen LogP contribution in [0.25, 0.3) is 0 Å². The number of aliphatic hydroxyl groups is 1. The standard InChI is InChI=1S/C13H18N2O4/c14-11(8-12(17)18)13(19)15-10-5-1-3-9(7-10)4-2-6-16/h1,3,5,7,11,16H,2,4,6,8,14H2,(H,15,19)(H,17,18). The van der Waals surface area contributed by atoms with E-state index < -0.39 is 24.3 Å². The van der Waals surface area contributed by atoms with Gasteiger partial charge in [0.1, 0.15) is 0 Å². The number of carbonyl (C=O) groups excluding carboxylic acids is 1. The molecule has 1 aromatic carbocycles. The van der Waals surface area contributed by atoms with Crippen LogP contribution in [0.15, 0.2) is 24.3 Å². The molecule has 1 amide bonds. The van der Waals surface area contributed by atoms with Gasteiger partial charge in [-0.25, -0.2) is 0 Å². The van der Waals surface area contributed by atoms with Gasteiger partial charge in [0.05, 0.1) is 12.5 Å². The second-order valence-electron chi connectivity index (χ2n) is 4.22. The number of carboxylic acids is 1. The van der Waals surface area contributed by atoms with Gasteiger partial charge in [-0.3, -0.25) is 9.59 Å². The number of aliphatic carboxylic acids is 1. The monoisotopic (exact) mass is 266 g/mol. The van der Waals surface area contributed by atoms with Gasteiger partial charge in [-0.05, 0) is 30.5 Å². The highest BCUT2D eigenvalue weighted by Crippen LogP contribution is 2.12. The molecule has 0 aliphatic rings. The number of hydrogen-bond acceptors (Lipinski definition) is 4. The Morgan fingerprint density at radius 2 is 2.11 bits per heavy atom. The molecule has 0 heterocycles. The number of hydrogen-bond donors (Lipinski definition) is 4. The highest BCUT2D eigenvalue weighted by Gasteiger charge is 2.16. The molecule has 0 aliphatic carbocycles. The first-order chi connectivity index (χ1) is 9.02. The van der Waals surface area contributed by atoms with Gasteiger partial charge in [0.2, 0.25) is 5.91 Å². The van der Waals surface area contributed by atoms with Crippen molar-refractivity contribution in [2.24, 2.45) is 5.73 Å². The minimum Gasteiger partial charge on any atom is -0.481 e. The van der Waals surface area contributed by atoms with Crippen molar-refractivity contribution in [3.8, 4) is 0 Å². The van der Waals surface area contributed by atoms with Gasteiger partial charge in [-0.2, -0.15) is 0 Å². The van der Waals surface area contributed by atoms with Crippen LogP contribution in [-0.2, 0) is 16.0 Å². The third kappa shape index (κ3) is 5.50. The molecule has 0 fully saturated rings. The van der Waals surface area contributed by atoms with E-state index in [1.165, 1.54) is 0 Å². The Bertz CT molecular complexity index is 448. The number of nitrogens with one attached hydrogen (secondary N) is 1. The zero-order chi connectivity index (χ0) is 14.3. The molecule has 104 valence electrons. The van der Waals surface area contributed by atoms with Crippen molar-refractivity contribution in [1.29, 1.82) is 0 Å². The van der Waals surface area contributed by atoms with Gasteiger partial charge >= 0.3 is 5.97 Å². The molecule has 19 heavy (non-hydrogen) atoms. The third-order valence-electron chi connectivity index (χ3n) is 2.55. The van der Waals surface area contributed by atoms with Crippen molar-refractivity contribution in [2.45, 2.75) is 25.3 Å². The van der Waals surface area contributed by atoms with E-state index in [4.69, 9.17) is 15.9 Å². The zero-order valence-electron chi connectivity index (χ0n) is 10.5. The summed E-state index contributed by atoms with van der Waals surface area (Å²) in [5.74, 6) is -1.64. The summed E-state index contributed by atoms with van der Waals surface area (Å²) in [5, 5.41) is 19.9. The van der Waals surface area contributed by atoms with E-state index >= 15 is 0 Å². The Hall–Kier alpha value is -1.92. The number of carbonyl (C=O) groups is 2. The fraction of sp³-hybridized carbons (Fsp3) is 0.385. The maximum absolute atomic E-state index is 11.6. The lowest BCUT2D eigenvalue weighted by Gasteiger charge is -2.11. The average molecular weight is 266 g/mol. The SMILES string of the molecule is NC(CC(=O)O)C(=O)Nc1cccc(CCCO)c1. The second-order valence-corrected chi connectivity index (χ2v) is 4.22. The molecule has 1 rings (SSSR count). The number of amides is 1. The number of aryl methyl sites for hydroxylation is 1. The van der Waals surface area contributed by atoms with Crippen LogP contribution in [0.4, 0.5) is 5.69 Å². The van der Waals surface area contributed by atoms with Crippen molar-refractivity contribution >= 4 is 17.6 Å². The lowest BCUT2D eigenvalue weighted by atomic mass is 10.1. The largest absolute Gasteiger partial charge is 0.481 e. The minimum absolute atomic E-state index is 0.111. The molecule has 0 aromatic heterocycles. The molecule has 5 N–H and O–H groups in total. The summed E-state index contributed by atoms with van der Waals surface area (Å²) in [6, 6.07) is 6.08. The van der Waals surface area contributed by atoms with Gasteiger partial charge in [-0.15, -0.1) is 0 Å². The molecule has 0 saturated carbocycles. The summed E-state index contributed by atoms with van der Waals surface area (Å²) in [5.41, 5.74) is 7.01. The van der Waals surface area contributed by atoms with Crippen LogP contribution < -0.4 is 11.1 Å². The molecule has 0 spiro atoms. The van der Waals surface area contributed by atoms with Crippen molar-refractivity contribution in [3.05, 3.63) is 29.8 Å². The lowest BCUT2D eigenvalue weighted by Crippen LogP contribution is -2.37. The van der Waals surface area contributed by atoms with Crippen molar-refractivity contribution < 1.29 is 19.8 Å². The van der Waals surface area contributed by atoms with Gasteiger partial charge in [0.15, 0.2) is 0 Å². The topological polar surface area (TPSA) is 113 Å². The highest BCUT2D eigenvalue weighted by atomic mass is 16.4. The first kappa shape index (κ1) is 15.1. The van der Waals surface area contributed by atoms with E-state index in [2.05, 4.69) is 5.32 Å². The van der Waals surface area contributed by atoms with E-state index in [1.807, 2.05) is 6.07 Å². The predicted octanol–water partition coefficient (Wildman–Crippen LogP) is 0.352. The molecule has 1 unspecified atom stereocenters. The smallest absolute Gasteiger partial charge is 0.305 e. The summed E-state index contributed by atoms with van der Waals surface area (Å²) in [7, 11) is 0. The fourth-order valence-electron chi connectivity index (χ4n) is 1.60.